The Balaban J connectivity index is 1.90. The van der Waals surface area contributed by atoms with Gasteiger partial charge in [0.15, 0.2) is 0 Å². The van der Waals surface area contributed by atoms with Gasteiger partial charge in [-0.3, -0.25) is 4.90 Å². The second-order valence-corrected chi connectivity index (χ2v) is 5.29. The first-order chi connectivity index (χ1) is 6.54. The van der Waals surface area contributed by atoms with Crippen molar-refractivity contribution in [1.82, 2.24) is 10.2 Å². The lowest BCUT2D eigenvalue weighted by Crippen LogP contribution is -2.50. The monoisotopic (exact) mass is 196 g/mol. The summed E-state index contributed by atoms with van der Waals surface area (Å²) >= 11 is 0. The number of nitrogens with zero attached hydrogens (tertiary/aromatic N) is 3. The van der Waals surface area contributed by atoms with Crippen LogP contribution in [0.1, 0.15) is 20.8 Å². The van der Waals surface area contributed by atoms with Crippen LogP contribution in [0.15, 0.2) is 10.2 Å². The van der Waals surface area contributed by atoms with Gasteiger partial charge in [-0.1, -0.05) is 20.8 Å². The zero-order valence-corrected chi connectivity index (χ0v) is 9.38. The van der Waals surface area contributed by atoms with E-state index in [1.165, 1.54) is 0 Å². The van der Waals surface area contributed by atoms with Crippen molar-refractivity contribution >= 4 is 0 Å². The Hall–Kier alpha value is -0.480. The average molecular weight is 196 g/mol. The minimum absolute atomic E-state index is 0.107. The molecule has 0 atom stereocenters. The summed E-state index contributed by atoms with van der Waals surface area (Å²) in [5, 5.41) is 11.9. The van der Waals surface area contributed by atoms with Gasteiger partial charge < -0.3 is 5.32 Å². The summed E-state index contributed by atoms with van der Waals surface area (Å²) in [7, 11) is 0. The lowest BCUT2D eigenvalue weighted by atomic mass is 9.83. The zero-order valence-electron chi connectivity index (χ0n) is 9.38. The fraction of sp³-hybridized carbons (Fsp3) is 1.00. The summed E-state index contributed by atoms with van der Waals surface area (Å²) in [5.74, 6) is 0. The minimum atomic E-state index is -0.107. The summed E-state index contributed by atoms with van der Waals surface area (Å²) in [4.78, 5) is 2.46. The molecule has 1 saturated heterocycles. The van der Waals surface area contributed by atoms with Gasteiger partial charge in [0.2, 0.25) is 5.66 Å². The molecular formula is C10H20N4. The van der Waals surface area contributed by atoms with Crippen molar-refractivity contribution in [2.24, 2.45) is 15.6 Å². The van der Waals surface area contributed by atoms with E-state index < -0.39 is 0 Å². The van der Waals surface area contributed by atoms with E-state index in [-0.39, 0.29) is 11.1 Å². The van der Waals surface area contributed by atoms with E-state index >= 15 is 0 Å². The lowest BCUT2D eigenvalue weighted by molar-refractivity contribution is 0.157. The molecule has 2 aliphatic rings. The molecule has 2 aliphatic heterocycles. The SMILES string of the molecule is CC(C)(C)C1(CN2CCNCC2)N=N1. The maximum absolute atomic E-state index is 4.26. The molecule has 0 aromatic rings. The van der Waals surface area contributed by atoms with Gasteiger partial charge in [0.05, 0.1) is 0 Å². The normalized spacial score (nSPS) is 26.5. The van der Waals surface area contributed by atoms with Crippen molar-refractivity contribution in [3.8, 4) is 0 Å². The molecule has 0 saturated carbocycles. The molecule has 14 heavy (non-hydrogen) atoms. The van der Waals surface area contributed by atoms with Crippen LogP contribution in [0.3, 0.4) is 0 Å². The molecule has 4 nitrogen and oxygen atoms in total. The maximum atomic E-state index is 4.26. The van der Waals surface area contributed by atoms with E-state index in [1.54, 1.807) is 0 Å². The largest absolute Gasteiger partial charge is 0.314 e. The standard InChI is InChI=1S/C10H20N4/c1-9(2,3)10(12-13-10)8-14-6-4-11-5-7-14/h11H,4-8H2,1-3H3. The van der Waals surface area contributed by atoms with Crippen LogP contribution in [0.25, 0.3) is 0 Å². The smallest absolute Gasteiger partial charge is 0.208 e. The Morgan fingerprint density at radius 2 is 1.79 bits per heavy atom. The molecule has 1 fully saturated rings. The second kappa shape index (κ2) is 3.28. The molecule has 0 unspecified atom stereocenters. The molecular weight excluding hydrogens is 176 g/mol. The van der Waals surface area contributed by atoms with Crippen LogP contribution >= 0.6 is 0 Å². The highest BCUT2D eigenvalue weighted by molar-refractivity contribution is 5.05. The first kappa shape index (κ1) is 10.1. The van der Waals surface area contributed by atoms with E-state index in [1.807, 2.05) is 0 Å². The number of rotatable bonds is 2. The van der Waals surface area contributed by atoms with Crippen LogP contribution in [-0.2, 0) is 0 Å². The Bertz CT molecular complexity index is 229. The summed E-state index contributed by atoms with van der Waals surface area (Å²) in [5.41, 5.74) is 0.0578. The number of hydrogen-bond acceptors (Lipinski definition) is 4. The summed E-state index contributed by atoms with van der Waals surface area (Å²) in [6.45, 7) is 12.1. The highest BCUT2D eigenvalue weighted by atomic mass is 15.5. The third kappa shape index (κ3) is 1.81. The van der Waals surface area contributed by atoms with Gasteiger partial charge in [0.25, 0.3) is 0 Å². The van der Waals surface area contributed by atoms with Crippen LogP contribution in [0, 0.1) is 5.41 Å². The third-order valence-electron chi connectivity index (χ3n) is 3.20. The molecule has 80 valence electrons. The first-order valence-electron chi connectivity index (χ1n) is 5.41. The number of hydrogen-bond donors (Lipinski definition) is 1. The van der Waals surface area contributed by atoms with E-state index in [9.17, 15) is 0 Å². The highest BCUT2D eigenvalue weighted by Gasteiger charge is 2.51. The number of piperazine rings is 1. The van der Waals surface area contributed by atoms with Gasteiger partial charge in [0.1, 0.15) is 0 Å². The van der Waals surface area contributed by atoms with Gasteiger partial charge in [-0.25, -0.2) is 0 Å². The Labute approximate surface area is 85.8 Å². The molecule has 1 N–H and O–H groups in total. The lowest BCUT2D eigenvalue weighted by Gasteiger charge is -2.34. The molecule has 0 aromatic carbocycles. The molecule has 0 amide bonds. The van der Waals surface area contributed by atoms with Crippen molar-refractivity contribution in [3.05, 3.63) is 0 Å². The van der Waals surface area contributed by atoms with E-state index in [0.29, 0.717) is 0 Å². The molecule has 0 aromatic heterocycles. The van der Waals surface area contributed by atoms with Gasteiger partial charge >= 0.3 is 0 Å². The highest BCUT2D eigenvalue weighted by Crippen LogP contribution is 2.45. The van der Waals surface area contributed by atoms with Gasteiger partial charge in [0, 0.05) is 38.1 Å². The summed E-state index contributed by atoms with van der Waals surface area (Å²) in [6.07, 6.45) is 0. The van der Waals surface area contributed by atoms with Gasteiger partial charge in [-0.05, 0) is 0 Å². The van der Waals surface area contributed by atoms with Crippen LogP contribution in [0.5, 0.6) is 0 Å². The fourth-order valence-corrected chi connectivity index (χ4v) is 1.84. The Morgan fingerprint density at radius 1 is 1.21 bits per heavy atom. The topological polar surface area (TPSA) is 40.0 Å². The quantitative estimate of drug-likeness (QED) is 0.718. The molecule has 2 rings (SSSR count). The summed E-state index contributed by atoms with van der Waals surface area (Å²) < 4.78 is 0. The Morgan fingerprint density at radius 3 is 2.21 bits per heavy atom. The average Bonchev–Trinajstić information content (AvgIpc) is 2.86. The molecule has 0 aliphatic carbocycles. The van der Waals surface area contributed by atoms with Crippen molar-refractivity contribution in [1.29, 1.82) is 0 Å². The third-order valence-corrected chi connectivity index (χ3v) is 3.20. The van der Waals surface area contributed by atoms with Gasteiger partial charge in [-0.15, -0.1) is 0 Å². The second-order valence-electron chi connectivity index (χ2n) is 5.29. The number of nitrogens with one attached hydrogen (secondary N) is 1. The van der Waals surface area contributed by atoms with Crippen LogP contribution < -0.4 is 5.32 Å². The van der Waals surface area contributed by atoms with Crippen molar-refractivity contribution in [2.45, 2.75) is 26.4 Å². The van der Waals surface area contributed by atoms with Crippen LogP contribution in [0.2, 0.25) is 0 Å². The predicted molar refractivity (Wildman–Crippen MR) is 56.4 cm³/mol. The van der Waals surface area contributed by atoms with Crippen molar-refractivity contribution < 1.29 is 0 Å². The first-order valence-corrected chi connectivity index (χ1v) is 5.41. The Kier molecular flexibility index (Phi) is 2.35. The van der Waals surface area contributed by atoms with E-state index in [0.717, 1.165) is 32.7 Å². The van der Waals surface area contributed by atoms with Crippen molar-refractivity contribution in [3.63, 3.8) is 0 Å². The predicted octanol–water partition coefficient (Wildman–Crippen LogP) is 1.10. The van der Waals surface area contributed by atoms with E-state index in [2.05, 4.69) is 41.2 Å². The fourth-order valence-electron chi connectivity index (χ4n) is 1.84. The summed E-state index contributed by atoms with van der Waals surface area (Å²) in [6, 6.07) is 0. The molecule has 0 spiro atoms. The molecule has 2 heterocycles. The molecule has 0 bridgehead atoms. The minimum Gasteiger partial charge on any atom is -0.314 e. The van der Waals surface area contributed by atoms with Crippen LogP contribution in [-0.4, -0.2) is 43.3 Å². The molecule has 0 radical (unpaired) electrons. The van der Waals surface area contributed by atoms with E-state index in [4.69, 9.17) is 0 Å². The molecule has 4 heteroatoms. The maximum Gasteiger partial charge on any atom is 0.208 e. The zero-order chi connectivity index (χ0) is 10.2. The van der Waals surface area contributed by atoms with Gasteiger partial charge in [-0.2, -0.15) is 10.2 Å². The van der Waals surface area contributed by atoms with Crippen molar-refractivity contribution in [2.75, 3.05) is 32.7 Å². The van der Waals surface area contributed by atoms with Crippen LogP contribution in [0.4, 0.5) is 0 Å².